The van der Waals surface area contributed by atoms with Crippen molar-refractivity contribution in [2.75, 3.05) is 24.5 Å². The number of pyridine rings is 1. The van der Waals surface area contributed by atoms with Crippen molar-refractivity contribution in [3.8, 4) is 0 Å². The standard InChI is InChI=1S/C19H26FN3O2/c20-16-3-1-10-21-17(16)22-11-2-8-19(13-22)9-12-23(18(19)25)14-4-6-15(24)7-5-14/h1,3,10,14-15,24H,2,4-9,11-13H2/t14-,15+,19?. The van der Waals surface area contributed by atoms with Crippen molar-refractivity contribution in [2.24, 2.45) is 5.41 Å². The molecule has 1 atom stereocenters. The van der Waals surface area contributed by atoms with E-state index in [-0.39, 0.29) is 23.9 Å². The predicted molar refractivity (Wildman–Crippen MR) is 92.7 cm³/mol. The summed E-state index contributed by atoms with van der Waals surface area (Å²) in [4.78, 5) is 21.4. The Kier molecular flexibility index (Phi) is 4.40. The Balaban J connectivity index is 1.50. The third-order valence-corrected chi connectivity index (χ3v) is 6.27. The molecule has 1 aromatic heterocycles. The number of piperidine rings is 1. The van der Waals surface area contributed by atoms with Gasteiger partial charge in [0.2, 0.25) is 5.91 Å². The minimum Gasteiger partial charge on any atom is -0.393 e. The van der Waals surface area contributed by atoms with E-state index in [1.807, 2.05) is 9.80 Å². The first-order chi connectivity index (χ1) is 12.1. The summed E-state index contributed by atoms with van der Waals surface area (Å²) in [5.74, 6) is 0.284. The zero-order chi connectivity index (χ0) is 17.4. The van der Waals surface area contributed by atoms with Crippen LogP contribution in [-0.2, 0) is 4.79 Å². The van der Waals surface area contributed by atoms with Crippen molar-refractivity contribution in [1.29, 1.82) is 0 Å². The van der Waals surface area contributed by atoms with E-state index in [1.54, 1.807) is 12.3 Å². The first kappa shape index (κ1) is 16.8. The van der Waals surface area contributed by atoms with Crippen LogP contribution in [0.1, 0.15) is 44.9 Å². The van der Waals surface area contributed by atoms with Crippen molar-refractivity contribution in [2.45, 2.75) is 57.1 Å². The average molecular weight is 347 g/mol. The lowest BCUT2D eigenvalue weighted by atomic mass is 9.78. The highest BCUT2D eigenvalue weighted by Gasteiger charge is 2.51. The lowest BCUT2D eigenvalue weighted by Gasteiger charge is -2.41. The maximum Gasteiger partial charge on any atom is 0.230 e. The van der Waals surface area contributed by atoms with E-state index in [1.165, 1.54) is 6.07 Å². The van der Waals surface area contributed by atoms with Crippen molar-refractivity contribution in [3.63, 3.8) is 0 Å². The molecule has 3 heterocycles. The lowest BCUT2D eigenvalue weighted by molar-refractivity contribution is -0.139. The van der Waals surface area contributed by atoms with Gasteiger partial charge in [0.05, 0.1) is 11.5 Å². The number of hydrogen-bond donors (Lipinski definition) is 1. The van der Waals surface area contributed by atoms with Crippen LogP contribution in [0.3, 0.4) is 0 Å². The fourth-order valence-corrected chi connectivity index (χ4v) is 4.87. The van der Waals surface area contributed by atoms with Gasteiger partial charge in [0.25, 0.3) is 0 Å². The van der Waals surface area contributed by atoms with Crippen LogP contribution < -0.4 is 4.90 Å². The number of rotatable bonds is 2. The van der Waals surface area contributed by atoms with Crippen LogP contribution in [0.4, 0.5) is 10.2 Å². The molecule has 0 radical (unpaired) electrons. The number of nitrogens with zero attached hydrogens (tertiary/aromatic N) is 3. The number of likely N-dealkylation sites (tertiary alicyclic amines) is 1. The third kappa shape index (κ3) is 3.01. The van der Waals surface area contributed by atoms with Crippen molar-refractivity contribution in [3.05, 3.63) is 24.1 Å². The fourth-order valence-electron chi connectivity index (χ4n) is 4.87. The highest BCUT2D eigenvalue weighted by molar-refractivity contribution is 5.86. The number of aromatic nitrogens is 1. The van der Waals surface area contributed by atoms with Gasteiger partial charge in [-0.1, -0.05) is 0 Å². The van der Waals surface area contributed by atoms with Gasteiger partial charge in [0, 0.05) is 31.9 Å². The van der Waals surface area contributed by atoms with Gasteiger partial charge in [0.1, 0.15) is 0 Å². The zero-order valence-electron chi connectivity index (χ0n) is 14.5. The van der Waals surface area contributed by atoms with E-state index < -0.39 is 5.41 Å². The second kappa shape index (κ2) is 6.56. The maximum absolute atomic E-state index is 14.1. The Morgan fingerprint density at radius 2 is 2.00 bits per heavy atom. The molecular weight excluding hydrogens is 321 g/mol. The summed E-state index contributed by atoms with van der Waals surface area (Å²) >= 11 is 0. The summed E-state index contributed by atoms with van der Waals surface area (Å²) in [5, 5.41) is 9.71. The molecule has 1 N–H and O–H groups in total. The van der Waals surface area contributed by atoms with E-state index in [4.69, 9.17) is 0 Å². The van der Waals surface area contributed by atoms with Crippen LogP contribution in [-0.4, -0.2) is 52.7 Å². The number of carbonyl (C=O) groups excluding carboxylic acids is 1. The first-order valence-corrected chi connectivity index (χ1v) is 9.44. The number of anilines is 1. The second-order valence-corrected chi connectivity index (χ2v) is 7.83. The van der Waals surface area contributed by atoms with E-state index in [0.717, 1.165) is 58.0 Å². The minimum atomic E-state index is -0.391. The Hall–Kier alpha value is -1.69. The topological polar surface area (TPSA) is 56.7 Å². The van der Waals surface area contributed by atoms with Crippen LogP contribution >= 0.6 is 0 Å². The molecule has 0 bridgehead atoms. The summed E-state index contributed by atoms with van der Waals surface area (Å²) in [6.45, 7) is 2.10. The van der Waals surface area contributed by atoms with Gasteiger partial charge in [-0.3, -0.25) is 4.79 Å². The number of amides is 1. The molecule has 4 rings (SSSR count). The summed E-state index contributed by atoms with van der Waals surface area (Å²) in [5.41, 5.74) is -0.391. The molecule has 25 heavy (non-hydrogen) atoms. The normalized spacial score (nSPS) is 33.3. The largest absolute Gasteiger partial charge is 0.393 e. The third-order valence-electron chi connectivity index (χ3n) is 6.27. The molecule has 1 unspecified atom stereocenters. The molecule has 0 aromatic carbocycles. The molecule has 1 aromatic rings. The van der Waals surface area contributed by atoms with Crippen LogP contribution in [0.2, 0.25) is 0 Å². The molecule has 136 valence electrons. The van der Waals surface area contributed by atoms with Crippen LogP contribution in [0.5, 0.6) is 0 Å². The number of hydrogen-bond acceptors (Lipinski definition) is 4. The Morgan fingerprint density at radius 1 is 1.20 bits per heavy atom. The van der Waals surface area contributed by atoms with Crippen molar-refractivity contribution >= 4 is 11.7 Å². The highest BCUT2D eigenvalue weighted by Crippen LogP contribution is 2.43. The van der Waals surface area contributed by atoms with Crippen molar-refractivity contribution in [1.82, 2.24) is 9.88 Å². The smallest absolute Gasteiger partial charge is 0.230 e. The monoisotopic (exact) mass is 347 g/mol. The molecule has 1 spiro atoms. The van der Waals surface area contributed by atoms with Gasteiger partial charge in [-0.15, -0.1) is 0 Å². The molecule has 3 fully saturated rings. The van der Waals surface area contributed by atoms with Gasteiger partial charge >= 0.3 is 0 Å². The summed E-state index contributed by atoms with van der Waals surface area (Å²) in [6.07, 6.45) is 7.36. The number of carbonyl (C=O) groups is 1. The Bertz CT molecular complexity index is 647. The van der Waals surface area contributed by atoms with E-state index in [2.05, 4.69) is 4.98 Å². The van der Waals surface area contributed by atoms with Gasteiger partial charge in [-0.25, -0.2) is 9.37 Å². The maximum atomic E-state index is 14.1. The van der Waals surface area contributed by atoms with Crippen LogP contribution in [0.25, 0.3) is 0 Å². The molecule has 1 aliphatic carbocycles. The fraction of sp³-hybridized carbons (Fsp3) is 0.684. The minimum absolute atomic E-state index is 0.208. The zero-order valence-corrected chi connectivity index (χ0v) is 14.5. The molecule has 1 amide bonds. The molecule has 3 aliphatic rings. The number of aliphatic hydroxyl groups is 1. The quantitative estimate of drug-likeness (QED) is 0.892. The number of halogens is 1. The molecule has 6 heteroatoms. The van der Waals surface area contributed by atoms with Gasteiger partial charge < -0.3 is 14.9 Å². The highest BCUT2D eigenvalue weighted by atomic mass is 19.1. The summed E-state index contributed by atoms with van der Waals surface area (Å²) in [6, 6.07) is 3.29. The van der Waals surface area contributed by atoms with Gasteiger partial charge in [0.15, 0.2) is 11.6 Å². The van der Waals surface area contributed by atoms with Crippen LogP contribution in [0, 0.1) is 11.2 Å². The molecule has 2 aliphatic heterocycles. The van der Waals surface area contributed by atoms with Crippen molar-refractivity contribution < 1.29 is 14.3 Å². The van der Waals surface area contributed by atoms with E-state index >= 15 is 0 Å². The number of aliphatic hydroxyl groups excluding tert-OH is 1. The molecule has 1 saturated carbocycles. The summed E-state index contributed by atoms with van der Waals surface area (Å²) < 4.78 is 14.1. The summed E-state index contributed by atoms with van der Waals surface area (Å²) in [7, 11) is 0. The second-order valence-electron chi connectivity index (χ2n) is 7.83. The predicted octanol–water partition coefficient (Wildman–Crippen LogP) is 2.34. The van der Waals surface area contributed by atoms with Crippen LogP contribution in [0.15, 0.2) is 18.3 Å². The molecule has 2 saturated heterocycles. The van der Waals surface area contributed by atoms with Gasteiger partial charge in [-0.2, -0.15) is 0 Å². The first-order valence-electron chi connectivity index (χ1n) is 9.44. The molecular formula is C19H26FN3O2. The van der Waals surface area contributed by atoms with E-state index in [9.17, 15) is 14.3 Å². The lowest BCUT2D eigenvalue weighted by Crippen LogP contribution is -2.50. The Morgan fingerprint density at radius 3 is 2.76 bits per heavy atom. The van der Waals surface area contributed by atoms with Gasteiger partial charge in [-0.05, 0) is 57.1 Å². The SMILES string of the molecule is O=C1N([C@H]2CC[C@@H](O)CC2)CCC12CCCN(c1ncccc1F)C2. The Labute approximate surface area is 147 Å². The molecule has 5 nitrogen and oxygen atoms in total. The average Bonchev–Trinajstić information content (AvgIpc) is 2.92. The van der Waals surface area contributed by atoms with E-state index in [0.29, 0.717) is 12.4 Å².